The summed E-state index contributed by atoms with van der Waals surface area (Å²) in [5.74, 6) is -0.0566. The number of likely N-dealkylation sites (tertiary alicyclic amines) is 1. The Morgan fingerprint density at radius 2 is 2.00 bits per heavy atom. The van der Waals surface area contributed by atoms with Crippen molar-refractivity contribution < 1.29 is 9.59 Å². The van der Waals surface area contributed by atoms with E-state index in [-0.39, 0.29) is 29.8 Å². The second kappa shape index (κ2) is 6.56. The first-order valence-corrected chi connectivity index (χ1v) is 7.17. The highest BCUT2D eigenvalue weighted by Gasteiger charge is 2.25. The van der Waals surface area contributed by atoms with E-state index in [0.29, 0.717) is 31.5 Å². The van der Waals surface area contributed by atoms with E-state index in [4.69, 9.17) is 0 Å². The molecule has 0 unspecified atom stereocenters. The lowest BCUT2D eigenvalue weighted by atomic mass is 9.96. The molecule has 1 aliphatic heterocycles. The summed E-state index contributed by atoms with van der Waals surface area (Å²) in [7, 11) is 1.69. The average molecular weight is 291 g/mol. The Morgan fingerprint density at radius 1 is 1.33 bits per heavy atom. The summed E-state index contributed by atoms with van der Waals surface area (Å²) in [5.41, 5.74) is 0.485. The molecular formula is C15H21N3O3. The van der Waals surface area contributed by atoms with Crippen LogP contribution in [0.3, 0.4) is 0 Å². The second-order valence-electron chi connectivity index (χ2n) is 5.45. The van der Waals surface area contributed by atoms with Gasteiger partial charge in [0, 0.05) is 51.3 Å². The summed E-state index contributed by atoms with van der Waals surface area (Å²) < 4.78 is 1.49. The topological polar surface area (TPSA) is 71.4 Å². The van der Waals surface area contributed by atoms with Crippen LogP contribution in [0.1, 0.15) is 25.3 Å². The van der Waals surface area contributed by atoms with Crippen LogP contribution in [0.2, 0.25) is 0 Å². The van der Waals surface area contributed by atoms with Gasteiger partial charge in [0.05, 0.1) is 0 Å². The zero-order valence-electron chi connectivity index (χ0n) is 12.5. The number of rotatable bonds is 3. The molecule has 1 saturated heterocycles. The molecule has 2 heterocycles. The zero-order valence-corrected chi connectivity index (χ0v) is 12.5. The molecule has 21 heavy (non-hydrogen) atoms. The number of hydrogen-bond donors (Lipinski definition) is 1. The predicted octanol–water partition coefficient (Wildman–Crippen LogP) is 0.260. The highest BCUT2D eigenvalue weighted by molar-refractivity contribution is 5.79. The number of carbonyl (C=O) groups excluding carboxylic acids is 2. The maximum atomic E-state index is 12.1. The minimum atomic E-state index is -0.0933. The van der Waals surface area contributed by atoms with Crippen molar-refractivity contribution in [3.05, 3.63) is 34.2 Å². The van der Waals surface area contributed by atoms with E-state index in [1.165, 1.54) is 4.57 Å². The molecule has 2 rings (SSSR count). The highest BCUT2D eigenvalue weighted by atomic mass is 16.2. The average Bonchev–Trinajstić information content (AvgIpc) is 2.48. The lowest BCUT2D eigenvalue weighted by Crippen LogP contribution is -2.42. The van der Waals surface area contributed by atoms with E-state index in [0.717, 1.165) is 0 Å². The summed E-state index contributed by atoms with van der Waals surface area (Å²) in [6.45, 7) is 3.05. The Hall–Kier alpha value is -2.11. The fraction of sp³-hybridized carbons (Fsp3) is 0.533. The first-order valence-electron chi connectivity index (χ1n) is 7.17. The third kappa shape index (κ3) is 3.71. The minimum Gasteiger partial charge on any atom is -0.352 e. The Kier molecular flexibility index (Phi) is 4.77. The van der Waals surface area contributed by atoms with Gasteiger partial charge in [0.2, 0.25) is 11.8 Å². The fourth-order valence-corrected chi connectivity index (χ4v) is 2.57. The van der Waals surface area contributed by atoms with Gasteiger partial charge >= 0.3 is 0 Å². The number of piperidine rings is 1. The summed E-state index contributed by atoms with van der Waals surface area (Å²) in [5, 5.41) is 2.83. The van der Waals surface area contributed by atoms with Crippen LogP contribution in [0.15, 0.2) is 23.1 Å². The molecule has 0 spiro atoms. The first-order chi connectivity index (χ1) is 9.99. The van der Waals surface area contributed by atoms with Gasteiger partial charge in [-0.2, -0.15) is 0 Å². The van der Waals surface area contributed by atoms with Crippen molar-refractivity contribution in [1.82, 2.24) is 14.8 Å². The maximum Gasteiger partial charge on any atom is 0.255 e. The van der Waals surface area contributed by atoms with Gasteiger partial charge < -0.3 is 14.8 Å². The molecule has 1 aromatic heterocycles. The number of aryl methyl sites for hydroxylation is 1. The van der Waals surface area contributed by atoms with Crippen LogP contribution in [-0.2, 0) is 23.2 Å². The van der Waals surface area contributed by atoms with Crippen molar-refractivity contribution in [2.75, 3.05) is 13.1 Å². The van der Waals surface area contributed by atoms with Crippen molar-refractivity contribution in [2.45, 2.75) is 26.3 Å². The van der Waals surface area contributed by atoms with E-state index in [1.807, 2.05) is 0 Å². The molecule has 0 atom stereocenters. The predicted molar refractivity (Wildman–Crippen MR) is 78.5 cm³/mol. The quantitative estimate of drug-likeness (QED) is 0.868. The van der Waals surface area contributed by atoms with Gasteiger partial charge in [-0.25, -0.2) is 0 Å². The Morgan fingerprint density at radius 3 is 2.62 bits per heavy atom. The lowest BCUT2D eigenvalue weighted by Gasteiger charge is -2.30. The molecule has 6 nitrogen and oxygen atoms in total. The van der Waals surface area contributed by atoms with E-state index < -0.39 is 0 Å². The molecule has 2 amide bonds. The van der Waals surface area contributed by atoms with Crippen molar-refractivity contribution in [3.63, 3.8) is 0 Å². The van der Waals surface area contributed by atoms with Gasteiger partial charge in [-0.05, 0) is 18.9 Å². The molecule has 114 valence electrons. The zero-order chi connectivity index (χ0) is 15.4. The van der Waals surface area contributed by atoms with Crippen LogP contribution in [0.4, 0.5) is 0 Å². The molecule has 1 aromatic rings. The number of nitrogens with one attached hydrogen (secondary N) is 1. The summed E-state index contributed by atoms with van der Waals surface area (Å²) in [6.07, 6.45) is 3.04. The molecule has 1 fully saturated rings. The first kappa shape index (κ1) is 15.3. The van der Waals surface area contributed by atoms with E-state index in [2.05, 4.69) is 5.32 Å². The molecular weight excluding hydrogens is 270 g/mol. The third-order valence-electron chi connectivity index (χ3n) is 3.97. The molecule has 1 aliphatic rings. The van der Waals surface area contributed by atoms with Gasteiger partial charge in [0.1, 0.15) is 0 Å². The van der Waals surface area contributed by atoms with Crippen LogP contribution < -0.4 is 10.9 Å². The number of amides is 2. The van der Waals surface area contributed by atoms with Crippen molar-refractivity contribution >= 4 is 11.8 Å². The van der Waals surface area contributed by atoms with Crippen molar-refractivity contribution in [1.29, 1.82) is 0 Å². The largest absolute Gasteiger partial charge is 0.352 e. The van der Waals surface area contributed by atoms with Crippen LogP contribution in [0.25, 0.3) is 0 Å². The summed E-state index contributed by atoms with van der Waals surface area (Å²) in [6, 6.07) is 3.51. The molecule has 0 radical (unpaired) electrons. The SMILES string of the molecule is CC(=O)N1CCC(C(=O)NCc2cccn(C)c2=O)CC1. The Labute approximate surface area is 123 Å². The lowest BCUT2D eigenvalue weighted by molar-refractivity contribution is -0.134. The van der Waals surface area contributed by atoms with Gasteiger partial charge in [-0.15, -0.1) is 0 Å². The Bertz CT molecular complexity index is 586. The highest BCUT2D eigenvalue weighted by Crippen LogP contribution is 2.17. The fourth-order valence-electron chi connectivity index (χ4n) is 2.57. The minimum absolute atomic E-state index is 0.0379. The number of hydrogen-bond acceptors (Lipinski definition) is 3. The molecule has 0 aromatic carbocycles. The molecule has 0 aliphatic carbocycles. The number of nitrogens with zero attached hydrogens (tertiary/aromatic N) is 2. The number of pyridine rings is 1. The molecule has 0 bridgehead atoms. The molecule has 1 N–H and O–H groups in total. The summed E-state index contributed by atoms with van der Waals surface area (Å²) >= 11 is 0. The van der Waals surface area contributed by atoms with E-state index in [1.54, 1.807) is 37.2 Å². The van der Waals surface area contributed by atoms with Crippen LogP contribution >= 0.6 is 0 Å². The second-order valence-corrected chi connectivity index (χ2v) is 5.45. The Balaban J connectivity index is 1.87. The maximum absolute atomic E-state index is 12.1. The molecule has 0 saturated carbocycles. The van der Waals surface area contributed by atoms with Crippen LogP contribution in [0, 0.1) is 5.92 Å². The monoisotopic (exact) mass is 291 g/mol. The normalized spacial score (nSPS) is 15.8. The third-order valence-corrected chi connectivity index (χ3v) is 3.97. The number of carbonyl (C=O) groups is 2. The van der Waals surface area contributed by atoms with Crippen molar-refractivity contribution in [3.8, 4) is 0 Å². The van der Waals surface area contributed by atoms with Crippen molar-refractivity contribution in [2.24, 2.45) is 13.0 Å². The van der Waals surface area contributed by atoms with Crippen LogP contribution in [-0.4, -0.2) is 34.4 Å². The number of aromatic nitrogens is 1. The van der Waals surface area contributed by atoms with Gasteiger partial charge in [-0.1, -0.05) is 6.07 Å². The smallest absolute Gasteiger partial charge is 0.255 e. The standard InChI is InChI=1S/C15H21N3O3/c1-11(19)18-8-5-12(6-9-18)14(20)16-10-13-4-3-7-17(2)15(13)21/h3-4,7,12H,5-6,8-10H2,1-2H3,(H,16,20). The van der Waals surface area contributed by atoms with Gasteiger partial charge in [0.25, 0.3) is 5.56 Å². The van der Waals surface area contributed by atoms with Gasteiger partial charge in [0.15, 0.2) is 0 Å². The van der Waals surface area contributed by atoms with Crippen LogP contribution in [0.5, 0.6) is 0 Å². The molecule has 6 heteroatoms. The van der Waals surface area contributed by atoms with Gasteiger partial charge in [-0.3, -0.25) is 14.4 Å². The summed E-state index contributed by atoms with van der Waals surface area (Å²) in [4.78, 5) is 37.0. The van der Waals surface area contributed by atoms with E-state index >= 15 is 0 Å². The van der Waals surface area contributed by atoms with E-state index in [9.17, 15) is 14.4 Å².